The number of hydrogen-bond acceptors (Lipinski definition) is 5. The highest BCUT2D eigenvalue weighted by molar-refractivity contribution is 5.44. The highest BCUT2D eigenvalue weighted by Crippen LogP contribution is 2.32. The molecule has 1 aliphatic rings. The predicted octanol–water partition coefficient (Wildman–Crippen LogP) is 1.99. The topological polar surface area (TPSA) is 49.0 Å². The Balaban J connectivity index is 1.59. The van der Waals surface area contributed by atoms with Crippen molar-refractivity contribution in [2.45, 2.75) is 25.8 Å². The third-order valence-corrected chi connectivity index (χ3v) is 3.47. The van der Waals surface area contributed by atoms with E-state index in [1.807, 2.05) is 6.07 Å². The molecule has 1 atom stereocenters. The number of benzene rings is 1. The van der Waals surface area contributed by atoms with Gasteiger partial charge < -0.3 is 24.3 Å². The molecule has 0 aliphatic carbocycles. The number of fused-ring (bicyclic) bond motifs is 1. The fourth-order valence-electron chi connectivity index (χ4n) is 2.20. The highest BCUT2D eigenvalue weighted by Gasteiger charge is 2.13. The standard InChI is InChI=1S/C16H25NO4/c1-13(17-7-8-19-10-9-18-2)3-4-14-5-6-15-16(11-14)21-12-20-15/h5-6,11,13,17H,3-4,7-10,12H2,1-2H3. The second-order valence-electron chi connectivity index (χ2n) is 5.19. The van der Waals surface area contributed by atoms with Crippen LogP contribution in [0.5, 0.6) is 11.5 Å². The fourth-order valence-corrected chi connectivity index (χ4v) is 2.20. The van der Waals surface area contributed by atoms with Crippen LogP contribution in [-0.2, 0) is 15.9 Å². The van der Waals surface area contributed by atoms with Crippen molar-refractivity contribution >= 4 is 0 Å². The zero-order valence-electron chi connectivity index (χ0n) is 12.9. The van der Waals surface area contributed by atoms with E-state index in [-0.39, 0.29) is 0 Å². The Labute approximate surface area is 126 Å². The van der Waals surface area contributed by atoms with Crippen molar-refractivity contribution in [3.8, 4) is 11.5 Å². The lowest BCUT2D eigenvalue weighted by Gasteiger charge is -2.14. The van der Waals surface area contributed by atoms with Crippen LogP contribution >= 0.6 is 0 Å². The molecular weight excluding hydrogens is 270 g/mol. The minimum Gasteiger partial charge on any atom is -0.454 e. The van der Waals surface area contributed by atoms with E-state index in [0.29, 0.717) is 26.0 Å². The van der Waals surface area contributed by atoms with Gasteiger partial charge in [0.25, 0.3) is 0 Å². The molecule has 0 radical (unpaired) electrons. The molecule has 0 saturated heterocycles. The van der Waals surface area contributed by atoms with Gasteiger partial charge in [0.15, 0.2) is 11.5 Å². The van der Waals surface area contributed by atoms with Crippen molar-refractivity contribution in [2.24, 2.45) is 0 Å². The minimum atomic E-state index is 0.333. The normalized spacial score (nSPS) is 14.4. The number of aryl methyl sites for hydroxylation is 1. The molecule has 21 heavy (non-hydrogen) atoms. The lowest BCUT2D eigenvalue weighted by Crippen LogP contribution is -2.30. The summed E-state index contributed by atoms with van der Waals surface area (Å²) in [5.41, 5.74) is 1.28. The Kier molecular flexibility index (Phi) is 6.79. The monoisotopic (exact) mass is 295 g/mol. The van der Waals surface area contributed by atoms with Crippen molar-refractivity contribution < 1.29 is 18.9 Å². The zero-order valence-corrected chi connectivity index (χ0v) is 12.9. The van der Waals surface area contributed by atoms with Gasteiger partial charge in [0.1, 0.15) is 0 Å². The largest absolute Gasteiger partial charge is 0.454 e. The smallest absolute Gasteiger partial charge is 0.231 e. The summed E-state index contributed by atoms with van der Waals surface area (Å²) in [7, 11) is 1.68. The summed E-state index contributed by atoms with van der Waals surface area (Å²) in [5.74, 6) is 1.71. The van der Waals surface area contributed by atoms with Crippen LogP contribution in [-0.4, -0.2) is 46.3 Å². The van der Waals surface area contributed by atoms with Crippen LogP contribution < -0.4 is 14.8 Å². The van der Waals surface area contributed by atoms with Gasteiger partial charge in [-0.15, -0.1) is 0 Å². The molecule has 1 aliphatic heterocycles. The van der Waals surface area contributed by atoms with Gasteiger partial charge >= 0.3 is 0 Å². The maximum absolute atomic E-state index is 5.42. The first kappa shape index (κ1) is 16.1. The Bertz CT molecular complexity index is 425. The molecule has 0 saturated carbocycles. The molecule has 0 fully saturated rings. The van der Waals surface area contributed by atoms with E-state index >= 15 is 0 Å². The van der Waals surface area contributed by atoms with Crippen molar-refractivity contribution in [1.29, 1.82) is 0 Å². The fraction of sp³-hybridized carbons (Fsp3) is 0.625. The van der Waals surface area contributed by atoms with E-state index < -0.39 is 0 Å². The summed E-state index contributed by atoms with van der Waals surface area (Å²) in [6.07, 6.45) is 2.10. The van der Waals surface area contributed by atoms with Crippen LogP contribution in [0, 0.1) is 0 Å². The first-order chi connectivity index (χ1) is 10.3. The molecule has 0 amide bonds. The second-order valence-corrected chi connectivity index (χ2v) is 5.19. The van der Waals surface area contributed by atoms with E-state index in [0.717, 1.165) is 37.5 Å². The number of ether oxygens (including phenoxy) is 4. The Morgan fingerprint density at radius 1 is 1.19 bits per heavy atom. The van der Waals surface area contributed by atoms with Crippen molar-refractivity contribution in [3.63, 3.8) is 0 Å². The molecule has 0 spiro atoms. The molecule has 0 bridgehead atoms. The molecule has 1 aromatic carbocycles. The molecule has 2 rings (SSSR count). The van der Waals surface area contributed by atoms with E-state index in [2.05, 4.69) is 24.4 Å². The van der Waals surface area contributed by atoms with Gasteiger partial charge in [-0.3, -0.25) is 0 Å². The predicted molar refractivity (Wildman–Crippen MR) is 81.0 cm³/mol. The molecule has 1 unspecified atom stereocenters. The van der Waals surface area contributed by atoms with Crippen LogP contribution in [0.1, 0.15) is 18.9 Å². The van der Waals surface area contributed by atoms with Crippen molar-refractivity contribution in [1.82, 2.24) is 5.32 Å². The van der Waals surface area contributed by atoms with Gasteiger partial charge in [-0.2, -0.15) is 0 Å². The Hall–Kier alpha value is -1.30. The average molecular weight is 295 g/mol. The van der Waals surface area contributed by atoms with Gasteiger partial charge in [-0.25, -0.2) is 0 Å². The van der Waals surface area contributed by atoms with Gasteiger partial charge in [0, 0.05) is 19.7 Å². The molecule has 1 heterocycles. The number of rotatable bonds is 10. The van der Waals surface area contributed by atoms with Crippen LogP contribution in [0.2, 0.25) is 0 Å². The lowest BCUT2D eigenvalue weighted by molar-refractivity contribution is 0.0711. The molecule has 5 heteroatoms. The van der Waals surface area contributed by atoms with E-state index in [4.69, 9.17) is 18.9 Å². The summed E-state index contributed by atoms with van der Waals surface area (Å²) in [5, 5.41) is 3.46. The third kappa shape index (κ3) is 5.53. The quantitative estimate of drug-likeness (QED) is 0.669. The van der Waals surface area contributed by atoms with Gasteiger partial charge in [-0.1, -0.05) is 6.07 Å². The Morgan fingerprint density at radius 3 is 2.90 bits per heavy atom. The van der Waals surface area contributed by atoms with Crippen molar-refractivity contribution in [3.05, 3.63) is 23.8 Å². The molecule has 1 N–H and O–H groups in total. The van der Waals surface area contributed by atoms with Crippen LogP contribution in [0.25, 0.3) is 0 Å². The summed E-state index contributed by atoms with van der Waals surface area (Å²) in [4.78, 5) is 0. The van der Waals surface area contributed by atoms with E-state index in [1.165, 1.54) is 5.56 Å². The molecule has 1 aromatic rings. The molecule has 5 nitrogen and oxygen atoms in total. The van der Waals surface area contributed by atoms with Gasteiger partial charge in [-0.05, 0) is 37.5 Å². The van der Waals surface area contributed by atoms with E-state index in [1.54, 1.807) is 7.11 Å². The van der Waals surface area contributed by atoms with E-state index in [9.17, 15) is 0 Å². The van der Waals surface area contributed by atoms with Crippen LogP contribution in [0.3, 0.4) is 0 Å². The summed E-state index contributed by atoms with van der Waals surface area (Å²) >= 11 is 0. The summed E-state index contributed by atoms with van der Waals surface area (Å²) in [6.45, 7) is 5.43. The van der Waals surface area contributed by atoms with Gasteiger partial charge in [0.05, 0.1) is 19.8 Å². The first-order valence-corrected chi connectivity index (χ1v) is 7.48. The lowest BCUT2D eigenvalue weighted by atomic mass is 10.1. The number of methoxy groups -OCH3 is 1. The first-order valence-electron chi connectivity index (χ1n) is 7.48. The van der Waals surface area contributed by atoms with Gasteiger partial charge in [0.2, 0.25) is 6.79 Å². The molecule has 118 valence electrons. The molecule has 0 aromatic heterocycles. The molecular formula is C16H25NO4. The number of nitrogens with one attached hydrogen (secondary N) is 1. The minimum absolute atomic E-state index is 0.333. The third-order valence-electron chi connectivity index (χ3n) is 3.47. The summed E-state index contributed by atoms with van der Waals surface area (Å²) < 4.78 is 21.1. The average Bonchev–Trinajstić information content (AvgIpc) is 2.96. The zero-order chi connectivity index (χ0) is 14.9. The van der Waals surface area contributed by atoms with Crippen LogP contribution in [0.4, 0.5) is 0 Å². The summed E-state index contributed by atoms with van der Waals surface area (Å²) in [6, 6.07) is 6.62. The highest BCUT2D eigenvalue weighted by atomic mass is 16.7. The SMILES string of the molecule is COCCOCCNC(C)CCc1ccc2c(c1)OCO2. The second kappa shape index (κ2) is 8.87. The van der Waals surface area contributed by atoms with Crippen LogP contribution in [0.15, 0.2) is 18.2 Å². The maximum atomic E-state index is 5.42. The Morgan fingerprint density at radius 2 is 2.05 bits per heavy atom. The van der Waals surface area contributed by atoms with Crippen molar-refractivity contribution in [2.75, 3.05) is 40.3 Å². The maximum Gasteiger partial charge on any atom is 0.231 e. The number of hydrogen-bond donors (Lipinski definition) is 1.